The average Bonchev–Trinajstić information content (AvgIpc) is 2.54. The highest BCUT2D eigenvalue weighted by Crippen LogP contribution is 2.20. The van der Waals surface area contributed by atoms with E-state index < -0.39 is 0 Å². The van der Waals surface area contributed by atoms with Gasteiger partial charge in [-0.1, -0.05) is 5.16 Å². The Balaban J connectivity index is 2.08. The van der Waals surface area contributed by atoms with Gasteiger partial charge in [0.05, 0.1) is 0 Å². The molecule has 1 aromatic heterocycles. The molecule has 0 aliphatic carbocycles. The van der Waals surface area contributed by atoms with Crippen molar-refractivity contribution in [1.82, 2.24) is 5.16 Å². The number of nitrogens with zero attached hydrogens (tertiary/aromatic N) is 2. The number of nitrogens with two attached hydrogens (primary N) is 1. The fraction of sp³-hybridized carbons (Fsp3) is 0.625. The normalized spacial score (nSPS) is 18.2. The lowest BCUT2D eigenvalue weighted by atomic mass is 10.1. The Morgan fingerprint density at radius 2 is 2.08 bits per heavy atom. The van der Waals surface area contributed by atoms with Crippen LogP contribution >= 0.6 is 0 Å². The Morgan fingerprint density at radius 1 is 1.33 bits per heavy atom. The molecule has 12 heavy (non-hydrogen) atoms. The molecular weight excluding hydrogens is 154 g/mol. The first-order valence-corrected chi connectivity index (χ1v) is 4.33. The Labute approximate surface area is 71.3 Å². The minimum absolute atomic E-state index is 0.468. The van der Waals surface area contributed by atoms with Crippen LogP contribution in [0.25, 0.3) is 0 Å². The quantitative estimate of drug-likeness (QED) is 0.683. The lowest BCUT2D eigenvalue weighted by Gasteiger charge is -2.24. The minimum Gasteiger partial charge on any atom is -0.381 e. The molecular formula is C8H13N3O. The molecule has 2 rings (SSSR count). The van der Waals surface area contributed by atoms with Gasteiger partial charge in [0.25, 0.3) is 0 Å². The zero-order valence-electron chi connectivity index (χ0n) is 6.99. The van der Waals surface area contributed by atoms with Gasteiger partial charge in [-0.15, -0.1) is 0 Å². The van der Waals surface area contributed by atoms with Gasteiger partial charge in [0.15, 0.2) is 5.82 Å². The first-order chi connectivity index (χ1) is 5.86. The summed E-state index contributed by atoms with van der Waals surface area (Å²) in [6.45, 7) is 2.13. The van der Waals surface area contributed by atoms with Crippen LogP contribution in [-0.4, -0.2) is 18.2 Å². The molecule has 2 N–H and O–H groups in total. The number of anilines is 2. The summed E-state index contributed by atoms with van der Waals surface area (Å²) in [7, 11) is 0. The third kappa shape index (κ3) is 1.37. The maximum atomic E-state index is 5.45. The Hall–Kier alpha value is -1.19. The molecule has 0 spiro atoms. The van der Waals surface area contributed by atoms with Gasteiger partial charge in [-0.2, -0.15) is 0 Å². The van der Waals surface area contributed by atoms with E-state index in [0.717, 1.165) is 19.0 Å². The Bertz CT molecular complexity index is 253. The van der Waals surface area contributed by atoms with Crippen molar-refractivity contribution in [2.75, 3.05) is 23.7 Å². The lowest BCUT2D eigenvalue weighted by Crippen LogP contribution is -2.28. The monoisotopic (exact) mass is 167 g/mol. The van der Waals surface area contributed by atoms with Crippen molar-refractivity contribution in [3.8, 4) is 0 Å². The lowest BCUT2D eigenvalue weighted by molar-refractivity contribution is 0.407. The van der Waals surface area contributed by atoms with Crippen LogP contribution in [0, 0.1) is 0 Å². The number of nitrogen functional groups attached to an aromatic ring is 1. The predicted octanol–water partition coefficient (Wildman–Crippen LogP) is 1.25. The number of hydrogen-bond acceptors (Lipinski definition) is 4. The van der Waals surface area contributed by atoms with Gasteiger partial charge in [0, 0.05) is 19.2 Å². The fourth-order valence-electron chi connectivity index (χ4n) is 1.54. The summed E-state index contributed by atoms with van der Waals surface area (Å²) in [4.78, 5) is 2.19. The van der Waals surface area contributed by atoms with Gasteiger partial charge in [0.1, 0.15) is 0 Å². The van der Waals surface area contributed by atoms with Gasteiger partial charge >= 0.3 is 0 Å². The van der Waals surface area contributed by atoms with E-state index in [-0.39, 0.29) is 0 Å². The number of piperidine rings is 1. The molecule has 1 aliphatic heterocycles. The molecule has 66 valence electrons. The topological polar surface area (TPSA) is 55.3 Å². The molecule has 0 amide bonds. The van der Waals surface area contributed by atoms with Crippen LogP contribution in [0.2, 0.25) is 0 Å². The van der Waals surface area contributed by atoms with E-state index in [1.165, 1.54) is 19.3 Å². The largest absolute Gasteiger partial charge is 0.381 e. The van der Waals surface area contributed by atoms with Crippen molar-refractivity contribution in [1.29, 1.82) is 0 Å². The summed E-state index contributed by atoms with van der Waals surface area (Å²) in [6, 6.07) is 1.78. The van der Waals surface area contributed by atoms with E-state index in [4.69, 9.17) is 10.3 Å². The summed E-state index contributed by atoms with van der Waals surface area (Å²) in [5, 5.41) is 3.65. The number of hydrogen-bond donors (Lipinski definition) is 1. The van der Waals surface area contributed by atoms with Crippen molar-refractivity contribution in [3.05, 3.63) is 6.07 Å². The SMILES string of the molecule is Nc1cc(N2CCCCC2)on1. The molecule has 0 saturated carbocycles. The highest BCUT2D eigenvalue weighted by molar-refractivity contribution is 5.43. The second kappa shape index (κ2) is 3.05. The molecule has 0 radical (unpaired) electrons. The van der Waals surface area contributed by atoms with Gasteiger partial charge < -0.3 is 15.2 Å². The van der Waals surface area contributed by atoms with Crippen LogP contribution in [0.15, 0.2) is 10.6 Å². The summed E-state index contributed by atoms with van der Waals surface area (Å²) >= 11 is 0. The molecule has 0 atom stereocenters. The van der Waals surface area contributed by atoms with Crippen LogP contribution in [0.3, 0.4) is 0 Å². The standard InChI is InChI=1S/C8H13N3O/c9-7-6-8(12-10-7)11-4-2-1-3-5-11/h6H,1-5H2,(H2,9,10). The van der Waals surface area contributed by atoms with E-state index in [2.05, 4.69) is 10.1 Å². The Kier molecular flexibility index (Phi) is 1.89. The van der Waals surface area contributed by atoms with Gasteiger partial charge in [0.2, 0.25) is 5.88 Å². The van der Waals surface area contributed by atoms with Crippen LogP contribution in [0.5, 0.6) is 0 Å². The van der Waals surface area contributed by atoms with Crippen LogP contribution in [0.4, 0.5) is 11.7 Å². The summed E-state index contributed by atoms with van der Waals surface area (Å²) < 4.78 is 5.05. The third-order valence-electron chi connectivity index (χ3n) is 2.18. The highest BCUT2D eigenvalue weighted by Gasteiger charge is 2.14. The Morgan fingerprint density at radius 3 is 2.67 bits per heavy atom. The van der Waals surface area contributed by atoms with Crippen molar-refractivity contribution in [2.45, 2.75) is 19.3 Å². The van der Waals surface area contributed by atoms with Crippen LogP contribution in [-0.2, 0) is 0 Å². The van der Waals surface area contributed by atoms with Crippen molar-refractivity contribution >= 4 is 11.7 Å². The summed E-state index contributed by atoms with van der Waals surface area (Å²) in [6.07, 6.45) is 3.79. The zero-order valence-corrected chi connectivity index (χ0v) is 6.99. The first-order valence-electron chi connectivity index (χ1n) is 4.33. The van der Waals surface area contributed by atoms with E-state index >= 15 is 0 Å². The second-order valence-corrected chi connectivity index (χ2v) is 3.14. The number of rotatable bonds is 1. The summed E-state index contributed by atoms with van der Waals surface area (Å²) in [5.74, 6) is 1.28. The predicted molar refractivity (Wildman–Crippen MR) is 47.0 cm³/mol. The van der Waals surface area contributed by atoms with Gasteiger partial charge in [-0.3, -0.25) is 0 Å². The molecule has 0 unspecified atom stereocenters. The smallest absolute Gasteiger partial charge is 0.229 e. The van der Waals surface area contributed by atoms with Crippen LogP contribution in [0.1, 0.15) is 19.3 Å². The first kappa shape index (κ1) is 7.46. The molecule has 1 saturated heterocycles. The van der Waals surface area contributed by atoms with Gasteiger partial charge in [-0.05, 0) is 19.3 Å². The van der Waals surface area contributed by atoms with E-state index in [1.54, 1.807) is 6.07 Å². The van der Waals surface area contributed by atoms with Crippen molar-refractivity contribution in [3.63, 3.8) is 0 Å². The minimum atomic E-state index is 0.468. The molecule has 2 heterocycles. The fourth-order valence-corrected chi connectivity index (χ4v) is 1.54. The van der Waals surface area contributed by atoms with Crippen LogP contribution < -0.4 is 10.6 Å². The average molecular weight is 167 g/mol. The number of aromatic nitrogens is 1. The van der Waals surface area contributed by atoms with E-state index in [1.807, 2.05) is 0 Å². The molecule has 4 heteroatoms. The van der Waals surface area contributed by atoms with Crippen molar-refractivity contribution in [2.24, 2.45) is 0 Å². The molecule has 0 bridgehead atoms. The molecule has 0 aromatic carbocycles. The molecule has 1 aromatic rings. The van der Waals surface area contributed by atoms with E-state index in [0.29, 0.717) is 5.82 Å². The van der Waals surface area contributed by atoms with E-state index in [9.17, 15) is 0 Å². The zero-order chi connectivity index (χ0) is 8.39. The van der Waals surface area contributed by atoms with Crippen molar-refractivity contribution < 1.29 is 4.52 Å². The maximum Gasteiger partial charge on any atom is 0.229 e. The summed E-state index contributed by atoms with van der Waals surface area (Å²) in [5.41, 5.74) is 5.45. The highest BCUT2D eigenvalue weighted by atomic mass is 16.5. The molecule has 1 aliphatic rings. The third-order valence-corrected chi connectivity index (χ3v) is 2.18. The maximum absolute atomic E-state index is 5.45. The molecule has 1 fully saturated rings. The second-order valence-electron chi connectivity index (χ2n) is 3.14. The van der Waals surface area contributed by atoms with Gasteiger partial charge in [-0.25, -0.2) is 0 Å². The molecule has 4 nitrogen and oxygen atoms in total.